The molecule has 2 aromatic rings. The first-order valence-corrected chi connectivity index (χ1v) is 5.92. The predicted octanol–water partition coefficient (Wildman–Crippen LogP) is 4.15. The van der Waals surface area contributed by atoms with Crippen molar-refractivity contribution in [3.63, 3.8) is 0 Å². The van der Waals surface area contributed by atoms with Crippen molar-refractivity contribution in [2.24, 2.45) is 0 Å². The van der Waals surface area contributed by atoms with E-state index in [1.54, 1.807) is 12.1 Å². The fraction of sp³-hybridized carbons (Fsp3) is 0.143. The van der Waals surface area contributed by atoms with Gasteiger partial charge < -0.3 is 0 Å². The Labute approximate surface area is 110 Å². The van der Waals surface area contributed by atoms with Crippen LogP contribution in [-0.4, -0.2) is 4.92 Å². The van der Waals surface area contributed by atoms with Crippen LogP contribution in [0.2, 0.25) is 5.02 Å². The molecule has 0 radical (unpaired) electrons. The number of non-ortho nitro benzene ring substituents is 1. The zero-order valence-corrected chi connectivity index (χ0v) is 10.6. The third kappa shape index (κ3) is 2.87. The quantitative estimate of drug-likeness (QED) is 0.615. The lowest BCUT2D eigenvalue weighted by Gasteiger charge is -2.06. The van der Waals surface area contributed by atoms with Gasteiger partial charge in [-0.1, -0.05) is 29.8 Å². The third-order valence-electron chi connectivity index (χ3n) is 2.85. The predicted molar refractivity (Wildman–Crippen MR) is 72.1 cm³/mol. The van der Waals surface area contributed by atoms with E-state index in [4.69, 9.17) is 11.6 Å². The smallest absolute Gasteiger partial charge is 0.258 e. The first kappa shape index (κ1) is 12.6. The van der Waals surface area contributed by atoms with E-state index >= 15 is 0 Å². The molecule has 0 unspecified atom stereocenters. The van der Waals surface area contributed by atoms with E-state index in [2.05, 4.69) is 0 Å². The molecule has 0 aliphatic rings. The average molecular weight is 262 g/mol. The summed E-state index contributed by atoms with van der Waals surface area (Å²) in [5.74, 6) is 0. The van der Waals surface area contributed by atoms with Crippen molar-refractivity contribution in [2.75, 3.05) is 0 Å². The molecule has 92 valence electrons. The molecule has 0 bridgehead atoms. The molecule has 0 N–H and O–H groups in total. The highest BCUT2D eigenvalue weighted by Crippen LogP contribution is 2.21. The zero-order chi connectivity index (χ0) is 13.1. The molecule has 0 aliphatic carbocycles. The lowest BCUT2D eigenvalue weighted by molar-refractivity contribution is -0.384. The van der Waals surface area contributed by atoms with Crippen LogP contribution in [0.5, 0.6) is 0 Å². The van der Waals surface area contributed by atoms with Gasteiger partial charge in [-0.15, -0.1) is 0 Å². The molecule has 0 saturated heterocycles. The molecule has 4 heteroatoms. The van der Waals surface area contributed by atoms with Crippen molar-refractivity contribution < 1.29 is 4.92 Å². The van der Waals surface area contributed by atoms with Gasteiger partial charge in [-0.2, -0.15) is 0 Å². The van der Waals surface area contributed by atoms with Gasteiger partial charge in [0, 0.05) is 17.2 Å². The van der Waals surface area contributed by atoms with Crippen LogP contribution < -0.4 is 0 Å². The Hall–Kier alpha value is -1.87. The fourth-order valence-electron chi connectivity index (χ4n) is 1.78. The second kappa shape index (κ2) is 5.19. The van der Waals surface area contributed by atoms with Crippen LogP contribution in [0.3, 0.4) is 0 Å². The largest absolute Gasteiger partial charge is 0.269 e. The molecule has 0 heterocycles. The zero-order valence-electron chi connectivity index (χ0n) is 9.89. The van der Waals surface area contributed by atoms with Crippen molar-refractivity contribution in [1.29, 1.82) is 0 Å². The summed E-state index contributed by atoms with van der Waals surface area (Å²) in [4.78, 5) is 10.4. The van der Waals surface area contributed by atoms with Crippen LogP contribution in [0.15, 0.2) is 42.5 Å². The van der Waals surface area contributed by atoms with Crippen molar-refractivity contribution in [3.8, 4) is 0 Å². The van der Waals surface area contributed by atoms with Crippen molar-refractivity contribution in [1.82, 2.24) is 0 Å². The molecule has 0 aromatic heterocycles. The Morgan fingerprint density at radius 2 is 1.83 bits per heavy atom. The molecule has 0 atom stereocenters. The summed E-state index contributed by atoms with van der Waals surface area (Å²) in [5, 5.41) is 11.4. The lowest BCUT2D eigenvalue weighted by atomic mass is 10.00. The molecule has 18 heavy (non-hydrogen) atoms. The summed E-state index contributed by atoms with van der Waals surface area (Å²) in [6.45, 7) is 1.95. The summed E-state index contributed by atoms with van der Waals surface area (Å²) in [7, 11) is 0. The van der Waals surface area contributed by atoms with Crippen LogP contribution in [0, 0.1) is 17.0 Å². The summed E-state index contributed by atoms with van der Waals surface area (Å²) >= 11 is 5.82. The van der Waals surface area contributed by atoms with Crippen molar-refractivity contribution in [3.05, 3.63) is 74.3 Å². The van der Waals surface area contributed by atoms with Gasteiger partial charge in [-0.25, -0.2) is 0 Å². The van der Waals surface area contributed by atoms with Crippen LogP contribution in [0.4, 0.5) is 5.69 Å². The second-order valence-electron chi connectivity index (χ2n) is 4.17. The van der Waals surface area contributed by atoms with Gasteiger partial charge in [-0.3, -0.25) is 10.1 Å². The molecule has 0 fully saturated rings. The van der Waals surface area contributed by atoms with Crippen LogP contribution >= 0.6 is 11.6 Å². The maximum Gasteiger partial charge on any atom is 0.269 e. The van der Waals surface area contributed by atoms with Crippen molar-refractivity contribution >= 4 is 17.3 Å². The molecular weight excluding hydrogens is 250 g/mol. The van der Waals surface area contributed by atoms with Gasteiger partial charge in [0.15, 0.2) is 0 Å². The van der Waals surface area contributed by atoms with Crippen LogP contribution in [0.1, 0.15) is 16.7 Å². The highest BCUT2D eigenvalue weighted by molar-refractivity contribution is 6.30. The molecule has 2 rings (SSSR count). The van der Waals surface area contributed by atoms with Gasteiger partial charge >= 0.3 is 0 Å². The fourth-order valence-corrected chi connectivity index (χ4v) is 1.91. The number of benzene rings is 2. The number of hydrogen-bond donors (Lipinski definition) is 0. The SMILES string of the molecule is Cc1ccc([N+](=O)[O-])cc1Cc1ccc(Cl)cc1. The van der Waals surface area contributed by atoms with E-state index in [-0.39, 0.29) is 10.6 Å². The van der Waals surface area contributed by atoms with Gasteiger partial charge in [0.25, 0.3) is 5.69 Å². The minimum absolute atomic E-state index is 0.129. The summed E-state index contributed by atoms with van der Waals surface area (Å²) < 4.78 is 0. The minimum Gasteiger partial charge on any atom is -0.258 e. The highest BCUT2D eigenvalue weighted by atomic mass is 35.5. The molecule has 0 amide bonds. The molecule has 3 nitrogen and oxygen atoms in total. The number of nitrogens with zero attached hydrogens (tertiary/aromatic N) is 1. The normalized spacial score (nSPS) is 10.3. The minimum atomic E-state index is -0.370. The Bertz CT molecular complexity index is 579. The van der Waals surface area contributed by atoms with Gasteiger partial charge in [-0.05, 0) is 42.2 Å². The van der Waals surface area contributed by atoms with Crippen LogP contribution in [-0.2, 0) is 6.42 Å². The third-order valence-corrected chi connectivity index (χ3v) is 3.10. The maximum absolute atomic E-state index is 10.7. The monoisotopic (exact) mass is 261 g/mol. The van der Waals surface area contributed by atoms with E-state index < -0.39 is 0 Å². The topological polar surface area (TPSA) is 43.1 Å². The molecule has 0 spiro atoms. The Morgan fingerprint density at radius 3 is 2.44 bits per heavy atom. The summed E-state index contributed by atoms with van der Waals surface area (Å²) in [6.07, 6.45) is 0.671. The first-order chi connectivity index (χ1) is 8.56. The molecule has 0 aliphatic heterocycles. The van der Waals surface area contributed by atoms with Gasteiger partial charge in [0.1, 0.15) is 0 Å². The van der Waals surface area contributed by atoms with E-state index in [0.29, 0.717) is 11.4 Å². The Morgan fingerprint density at radius 1 is 1.17 bits per heavy atom. The number of nitro groups is 1. The van der Waals surface area contributed by atoms with E-state index in [1.807, 2.05) is 31.2 Å². The van der Waals surface area contributed by atoms with E-state index in [0.717, 1.165) is 16.7 Å². The standard InChI is InChI=1S/C14H12ClNO2/c1-10-2-7-14(16(17)18)9-12(10)8-11-3-5-13(15)6-4-11/h2-7,9H,8H2,1H3. The molecular formula is C14H12ClNO2. The number of rotatable bonds is 3. The second-order valence-corrected chi connectivity index (χ2v) is 4.61. The van der Waals surface area contributed by atoms with E-state index in [9.17, 15) is 10.1 Å². The van der Waals surface area contributed by atoms with E-state index in [1.165, 1.54) is 6.07 Å². The van der Waals surface area contributed by atoms with Crippen molar-refractivity contribution in [2.45, 2.75) is 13.3 Å². The Kier molecular flexibility index (Phi) is 3.63. The number of hydrogen-bond acceptors (Lipinski definition) is 2. The summed E-state index contributed by atoms with van der Waals surface area (Å²) in [5.41, 5.74) is 3.23. The maximum atomic E-state index is 10.7. The highest BCUT2D eigenvalue weighted by Gasteiger charge is 2.09. The first-order valence-electron chi connectivity index (χ1n) is 5.54. The molecule has 2 aromatic carbocycles. The summed E-state index contributed by atoms with van der Waals surface area (Å²) in [6, 6.07) is 12.4. The van der Waals surface area contributed by atoms with Gasteiger partial charge in [0.05, 0.1) is 4.92 Å². The molecule has 0 saturated carbocycles. The lowest BCUT2D eigenvalue weighted by Crippen LogP contribution is -1.95. The number of halogens is 1. The average Bonchev–Trinajstić information content (AvgIpc) is 2.34. The van der Waals surface area contributed by atoms with Gasteiger partial charge in [0.2, 0.25) is 0 Å². The Balaban J connectivity index is 2.30. The number of aryl methyl sites for hydroxylation is 1. The van der Waals surface area contributed by atoms with Crippen LogP contribution in [0.25, 0.3) is 0 Å². The number of nitro benzene ring substituents is 1.